The molecule has 0 radical (unpaired) electrons. The lowest BCUT2D eigenvalue weighted by molar-refractivity contribution is -0.403. The van der Waals surface area contributed by atoms with Gasteiger partial charge in [-0.25, -0.2) is 4.58 Å². The third kappa shape index (κ3) is 2.42. The van der Waals surface area contributed by atoms with Crippen LogP contribution in [-0.2, 0) is 16.6 Å². The molecule has 0 atom stereocenters. The summed E-state index contributed by atoms with van der Waals surface area (Å²) in [5.41, 5.74) is 5.26. The lowest BCUT2D eigenvalue weighted by Crippen LogP contribution is -2.25. The number of aliphatic carboxylic acids is 1. The van der Waals surface area contributed by atoms with Crippen molar-refractivity contribution in [2.45, 2.75) is 45.4 Å². The molecule has 1 aromatic rings. The molecule has 0 amide bonds. The molecule has 0 bridgehead atoms. The van der Waals surface area contributed by atoms with Gasteiger partial charge in [0.15, 0.2) is 5.71 Å². The second-order valence-corrected chi connectivity index (χ2v) is 5.87. The molecule has 102 valence electrons. The molecule has 3 nitrogen and oxygen atoms in total. The Morgan fingerprint density at radius 2 is 2.05 bits per heavy atom. The van der Waals surface area contributed by atoms with E-state index in [2.05, 4.69) is 50.6 Å². The van der Waals surface area contributed by atoms with Gasteiger partial charge in [-0.1, -0.05) is 6.07 Å². The third-order valence-corrected chi connectivity index (χ3v) is 4.36. The van der Waals surface area contributed by atoms with Gasteiger partial charge in [-0.15, -0.1) is 0 Å². The van der Waals surface area contributed by atoms with Crippen LogP contribution in [-0.4, -0.2) is 28.4 Å². The van der Waals surface area contributed by atoms with Crippen molar-refractivity contribution in [3.63, 3.8) is 0 Å². The van der Waals surface area contributed by atoms with Gasteiger partial charge in [-0.2, -0.15) is 0 Å². The quantitative estimate of drug-likeness (QED) is 0.845. The molecule has 1 aliphatic rings. The fourth-order valence-corrected chi connectivity index (χ4v) is 2.77. The number of carboxylic acid groups (broad SMARTS) is 1. The van der Waals surface area contributed by atoms with E-state index in [-0.39, 0.29) is 11.8 Å². The summed E-state index contributed by atoms with van der Waals surface area (Å²) in [5.74, 6) is -0.717. The van der Waals surface area contributed by atoms with Gasteiger partial charge < -0.3 is 5.11 Å². The Kier molecular flexibility index (Phi) is 3.48. The molecule has 1 aliphatic heterocycles. The van der Waals surface area contributed by atoms with Gasteiger partial charge in [-0.3, -0.25) is 4.79 Å². The molecule has 19 heavy (non-hydrogen) atoms. The highest BCUT2D eigenvalue weighted by atomic mass is 16.4. The van der Waals surface area contributed by atoms with Crippen molar-refractivity contribution in [1.82, 2.24) is 0 Å². The Balaban J connectivity index is 2.23. The molecule has 1 aromatic carbocycles. The summed E-state index contributed by atoms with van der Waals surface area (Å²) in [6.45, 7) is 6.65. The second kappa shape index (κ2) is 4.80. The maximum absolute atomic E-state index is 10.6. The summed E-state index contributed by atoms with van der Waals surface area (Å²) in [4.78, 5) is 10.6. The van der Waals surface area contributed by atoms with Crippen LogP contribution in [0.3, 0.4) is 0 Å². The van der Waals surface area contributed by atoms with E-state index in [1.165, 1.54) is 22.5 Å². The van der Waals surface area contributed by atoms with Crippen molar-refractivity contribution in [2.75, 3.05) is 7.05 Å². The zero-order valence-electron chi connectivity index (χ0n) is 12.2. The first-order valence-corrected chi connectivity index (χ1v) is 6.77. The lowest BCUT2D eigenvalue weighted by atomic mass is 9.81. The number of nitrogens with zero attached hydrogens (tertiary/aromatic N) is 1. The fraction of sp³-hybridized carbons (Fsp3) is 0.500. The predicted molar refractivity (Wildman–Crippen MR) is 76.6 cm³/mol. The first kappa shape index (κ1) is 13.8. The van der Waals surface area contributed by atoms with Crippen molar-refractivity contribution in [3.8, 4) is 0 Å². The van der Waals surface area contributed by atoms with E-state index < -0.39 is 5.97 Å². The molecule has 1 N–H and O–H groups in total. The smallest absolute Gasteiger partial charge is 0.303 e. The number of aryl methyl sites for hydroxylation is 1. The zero-order chi connectivity index (χ0) is 14.2. The van der Waals surface area contributed by atoms with Gasteiger partial charge >= 0.3 is 5.97 Å². The highest BCUT2D eigenvalue weighted by Gasteiger charge is 2.41. The first-order valence-electron chi connectivity index (χ1n) is 6.77. The minimum atomic E-state index is -0.717. The molecule has 0 aliphatic carbocycles. The maximum Gasteiger partial charge on any atom is 0.303 e. The van der Waals surface area contributed by atoms with E-state index in [4.69, 9.17) is 5.11 Å². The van der Waals surface area contributed by atoms with Crippen molar-refractivity contribution >= 4 is 17.4 Å². The van der Waals surface area contributed by atoms with Crippen molar-refractivity contribution in [2.24, 2.45) is 0 Å². The average Bonchev–Trinajstić information content (AvgIpc) is 2.51. The zero-order valence-corrected chi connectivity index (χ0v) is 12.2. The normalized spacial score (nSPS) is 16.6. The van der Waals surface area contributed by atoms with Crippen LogP contribution in [0.2, 0.25) is 0 Å². The van der Waals surface area contributed by atoms with Gasteiger partial charge in [0.1, 0.15) is 7.05 Å². The minimum absolute atomic E-state index is 0.0624. The third-order valence-electron chi connectivity index (χ3n) is 4.36. The van der Waals surface area contributed by atoms with Crippen LogP contribution < -0.4 is 0 Å². The summed E-state index contributed by atoms with van der Waals surface area (Å²) in [5, 5.41) is 8.69. The van der Waals surface area contributed by atoms with Crippen LogP contribution in [0, 0.1) is 0 Å². The Bertz CT molecular complexity index is 556. The molecule has 0 saturated heterocycles. The number of hydrogen-bond donors (Lipinski definition) is 1. The van der Waals surface area contributed by atoms with Gasteiger partial charge in [0, 0.05) is 25.0 Å². The van der Waals surface area contributed by atoms with E-state index in [0.717, 1.165) is 6.42 Å². The largest absolute Gasteiger partial charge is 0.481 e. The Labute approximate surface area is 114 Å². The predicted octanol–water partition coefficient (Wildman–Crippen LogP) is 3.12. The van der Waals surface area contributed by atoms with E-state index in [1.54, 1.807) is 0 Å². The number of benzene rings is 1. The van der Waals surface area contributed by atoms with Gasteiger partial charge in [-0.05, 0) is 38.3 Å². The number of carbonyl (C=O) groups is 1. The number of fused-ring (bicyclic) bond motifs is 1. The highest BCUT2D eigenvalue weighted by molar-refractivity contribution is 5.93. The molecular formula is C16H22NO2+. The molecule has 0 spiro atoms. The van der Waals surface area contributed by atoms with Crippen LogP contribution in [0.5, 0.6) is 0 Å². The molecule has 1 heterocycles. The van der Waals surface area contributed by atoms with Gasteiger partial charge in [0.05, 0.1) is 5.41 Å². The van der Waals surface area contributed by atoms with E-state index in [0.29, 0.717) is 6.42 Å². The lowest BCUT2D eigenvalue weighted by Gasteiger charge is -2.15. The Morgan fingerprint density at radius 1 is 1.37 bits per heavy atom. The number of carboxylic acids is 1. The minimum Gasteiger partial charge on any atom is -0.481 e. The highest BCUT2D eigenvalue weighted by Crippen LogP contribution is 2.39. The summed E-state index contributed by atoms with van der Waals surface area (Å²) in [6, 6.07) is 6.51. The summed E-state index contributed by atoms with van der Waals surface area (Å²) < 4.78 is 2.25. The van der Waals surface area contributed by atoms with Crippen LogP contribution in [0.25, 0.3) is 0 Å². The molecule has 0 fully saturated rings. The maximum atomic E-state index is 10.6. The topological polar surface area (TPSA) is 40.3 Å². The van der Waals surface area contributed by atoms with E-state index in [1.807, 2.05) is 0 Å². The average molecular weight is 260 g/mol. The fourth-order valence-electron chi connectivity index (χ4n) is 2.77. The summed E-state index contributed by atoms with van der Waals surface area (Å²) >= 11 is 0. The molecule has 0 saturated carbocycles. The van der Waals surface area contributed by atoms with Crippen molar-refractivity contribution in [3.05, 3.63) is 29.3 Å². The van der Waals surface area contributed by atoms with E-state index >= 15 is 0 Å². The molecule has 2 rings (SSSR count). The SMILES string of the molecule is CC1=[N+](C)c2ccc(CCCC(=O)O)cc2C1(C)C. The molecule has 3 heteroatoms. The van der Waals surface area contributed by atoms with Crippen LogP contribution in [0.15, 0.2) is 18.2 Å². The van der Waals surface area contributed by atoms with Crippen LogP contribution in [0.1, 0.15) is 44.7 Å². The molecule has 0 unspecified atom stereocenters. The van der Waals surface area contributed by atoms with E-state index in [9.17, 15) is 4.79 Å². The van der Waals surface area contributed by atoms with Gasteiger partial charge in [0.2, 0.25) is 5.69 Å². The van der Waals surface area contributed by atoms with Crippen molar-refractivity contribution < 1.29 is 14.5 Å². The molecular weight excluding hydrogens is 238 g/mol. The van der Waals surface area contributed by atoms with Crippen molar-refractivity contribution in [1.29, 1.82) is 0 Å². The standard InChI is InChI=1S/C16H21NO2/c1-11-16(2,3)13-10-12(6-5-7-15(18)19)8-9-14(13)17(11)4/h8-10H,5-7H2,1-4H3/p+1. The van der Waals surface area contributed by atoms with Gasteiger partial charge in [0.25, 0.3) is 0 Å². The van der Waals surface area contributed by atoms with Crippen LogP contribution in [0.4, 0.5) is 5.69 Å². The van der Waals surface area contributed by atoms with Crippen LogP contribution >= 0.6 is 0 Å². The first-order chi connectivity index (χ1) is 8.84. The Morgan fingerprint density at radius 3 is 2.68 bits per heavy atom. The second-order valence-electron chi connectivity index (χ2n) is 5.87. The Hall–Kier alpha value is -1.64. The summed E-state index contributed by atoms with van der Waals surface area (Å²) in [6.07, 6.45) is 1.77. The number of rotatable bonds is 4. The monoisotopic (exact) mass is 260 g/mol. The summed E-state index contributed by atoms with van der Waals surface area (Å²) in [7, 11) is 2.10. The number of hydrogen-bond acceptors (Lipinski definition) is 1. The molecule has 0 aromatic heterocycles.